The van der Waals surface area contributed by atoms with Gasteiger partial charge >= 0.3 is 0 Å². The van der Waals surface area contributed by atoms with Crippen molar-refractivity contribution in [3.63, 3.8) is 0 Å². The normalized spacial score (nSPS) is 22.9. The van der Waals surface area contributed by atoms with Gasteiger partial charge in [-0.25, -0.2) is 5.32 Å². The minimum atomic E-state index is 0.396. The van der Waals surface area contributed by atoms with Gasteiger partial charge in [-0.3, -0.25) is 0 Å². The fourth-order valence-electron chi connectivity index (χ4n) is 1.84. The fraction of sp³-hybridized carbons (Fsp3) is 0.583. The summed E-state index contributed by atoms with van der Waals surface area (Å²) in [6.07, 6.45) is 9.72. The van der Waals surface area contributed by atoms with E-state index in [4.69, 9.17) is 17.0 Å². The summed E-state index contributed by atoms with van der Waals surface area (Å²) in [6.45, 7) is 2.61. The largest absolute Gasteiger partial charge is 0.373 e. The van der Waals surface area contributed by atoms with Crippen LogP contribution in [0.15, 0.2) is 23.8 Å². The standard InChI is InChI=1S/C12H16NOS/c15-12-3-1-2-10(8-12)9-14-11-4-6-13-7-5-11/h1-2,8,11H,3-7,9H2. The molecule has 0 N–H and O–H groups in total. The fourth-order valence-corrected chi connectivity index (χ4v) is 2.09. The highest BCUT2D eigenvalue weighted by atomic mass is 32.1. The van der Waals surface area contributed by atoms with E-state index in [1.165, 1.54) is 5.57 Å². The van der Waals surface area contributed by atoms with E-state index < -0.39 is 0 Å². The average molecular weight is 222 g/mol. The Morgan fingerprint density at radius 1 is 1.40 bits per heavy atom. The SMILES string of the molecule is S=C1C=C(COC2CC[N]CC2)C=CC1. The first kappa shape index (κ1) is 11.0. The highest BCUT2D eigenvalue weighted by Gasteiger charge is 2.14. The van der Waals surface area contributed by atoms with Gasteiger partial charge in [-0.2, -0.15) is 0 Å². The molecule has 1 fully saturated rings. The number of piperidine rings is 1. The zero-order chi connectivity index (χ0) is 10.5. The van der Waals surface area contributed by atoms with Crippen LogP contribution >= 0.6 is 12.2 Å². The van der Waals surface area contributed by atoms with Crippen LogP contribution in [0, 0.1) is 0 Å². The molecule has 0 bridgehead atoms. The maximum absolute atomic E-state index is 5.83. The highest BCUT2D eigenvalue weighted by molar-refractivity contribution is 7.80. The zero-order valence-corrected chi connectivity index (χ0v) is 9.63. The molecule has 0 aromatic heterocycles. The average Bonchev–Trinajstić information content (AvgIpc) is 2.28. The van der Waals surface area contributed by atoms with Gasteiger partial charge in [0, 0.05) is 24.4 Å². The van der Waals surface area contributed by atoms with Crippen LogP contribution in [0.25, 0.3) is 0 Å². The van der Waals surface area contributed by atoms with E-state index in [-0.39, 0.29) is 0 Å². The summed E-state index contributed by atoms with van der Waals surface area (Å²) >= 11 is 5.16. The Bertz CT molecular complexity index is 290. The van der Waals surface area contributed by atoms with Crippen molar-refractivity contribution < 1.29 is 4.74 Å². The van der Waals surface area contributed by atoms with Crippen LogP contribution in [-0.2, 0) is 4.74 Å². The van der Waals surface area contributed by atoms with Crippen molar-refractivity contribution in [3.8, 4) is 0 Å². The van der Waals surface area contributed by atoms with Crippen LogP contribution in [0.4, 0.5) is 0 Å². The number of allylic oxidation sites excluding steroid dienone is 2. The third-order valence-electron chi connectivity index (χ3n) is 2.70. The summed E-state index contributed by atoms with van der Waals surface area (Å²) in [5, 5.41) is 4.30. The summed E-state index contributed by atoms with van der Waals surface area (Å²) in [7, 11) is 0. The molecule has 0 spiro atoms. The van der Waals surface area contributed by atoms with Gasteiger partial charge in [0.25, 0.3) is 0 Å². The van der Waals surface area contributed by atoms with Gasteiger partial charge in [0.1, 0.15) is 0 Å². The first-order valence-electron chi connectivity index (χ1n) is 5.49. The minimum absolute atomic E-state index is 0.396. The van der Waals surface area contributed by atoms with E-state index in [0.717, 1.165) is 37.2 Å². The molecule has 0 unspecified atom stereocenters. The number of hydrogen-bond donors (Lipinski definition) is 0. The molecular weight excluding hydrogens is 206 g/mol. The molecule has 1 heterocycles. The Balaban J connectivity index is 1.77. The van der Waals surface area contributed by atoms with Gasteiger partial charge in [-0.15, -0.1) is 0 Å². The number of thiocarbonyl (C=S) groups is 1. The Morgan fingerprint density at radius 2 is 2.20 bits per heavy atom. The van der Waals surface area contributed by atoms with Crippen LogP contribution < -0.4 is 5.32 Å². The van der Waals surface area contributed by atoms with Crippen molar-refractivity contribution in [2.75, 3.05) is 19.7 Å². The van der Waals surface area contributed by atoms with Crippen LogP contribution in [0.1, 0.15) is 19.3 Å². The molecule has 2 nitrogen and oxygen atoms in total. The second-order valence-electron chi connectivity index (χ2n) is 3.97. The first-order chi connectivity index (χ1) is 7.34. The van der Waals surface area contributed by atoms with Gasteiger partial charge < -0.3 is 4.74 Å². The summed E-state index contributed by atoms with van der Waals surface area (Å²) in [6, 6.07) is 0. The molecule has 1 saturated heterocycles. The van der Waals surface area contributed by atoms with Crippen molar-refractivity contribution in [3.05, 3.63) is 23.8 Å². The number of rotatable bonds is 3. The maximum atomic E-state index is 5.83. The predicted molar refractivity (Wildman–Crippen MR) is 65.3 cm³/mol. The highest BCUT2D eigenvalue weighted by Crippen LogP contribution is 2.13. The topological polar surface area (TPSA) is 23.3 Å². The van der Waals surface area contributed by atoms with E-state index in [0.29, 0.717) is 12.7 Å². The van der Waals surface area contributed by atoms with Crippen molar-refractivity contribution in [1.29, 1.82) is 0 Å². The molecule has 1 aliphatic carbocycles. The molecule has 81 valence electrons. The van der Waals surface area contributed by atoms with Crippen LogP contribution in [0.3, 0.4) is 0 Å². The Morgan fingerprint density at radius 3 is 2.93 bits per heavy atom. The number of nitrogens with zero attached hydrogens (tertiary/aromatic N) is 1. The summed E-state index contributed by atoms with van der Waals surface area (Å²) in [4.78, 5) is 1.01. The monoisotopic (exact) mass is 222 g/mol. The van der Waals surface area contributed by atoms with Gasteiger partial charge in [0.15, 0.2) is 0 Å². The van der Waals surface area contributed by atoms with Crippen LogP contribution in [0.5, 0.6) is 0 Å². The minimum Gasteiger partial charge on any atom is -0.373 e. The van der Waals surface area contributed by atoms with Gasteiger partial charge in [0.2, 0.25) is 0 Å². The molecular formula is C12H16NOS. The Kier molecular flexibility index (Phi) is 4.06. The Labute approximate surface area is 96.4 Å². The van der Waals surface area contributed by atoms with E-state index in [2.05, 4.69) is 23.5 Å². The van der Waals surface area contributed by atoms with Crippen molar-refractivity contribution >= 4 is 17.1 Å². The van der Waals surface area contributed by atoms with Crippen LogP contribution in [0.2, 0.25) is 0 Å². The van der Waals surface area contributed by atoms with Gasteiger partial charge in [-0.05, 0) is 24.5 Å². The van der Waals surface area contributed by atoms with Crippen molar-refractivity contribution in [2.24, 2.45) is 0 Å². The third kappa shape index (κ3) is 3.52. The van der Waals surface area contributed by atoms with E-state index >= 15 is 0 Å². The summed E-state index contributed by atoms with van der Waals surface area (Å²) in [5.41, 5.74) is 1.20. The van der Waals surface area contributed by atoms with Crippen molar-refractivity contribution in [1.82, 2.24) is 5.32 Å². The molecule has 1 aliphatic heterocycles. The molecule has 1 radical (unpaired) electrons. The predicted octanol–water partition coefficient (Wildman–Crippen LogP) is 2.03. The molecule has 0 aromatic rings. The lowest BCUT2D eigenvalue weighted by atomic mass is 10.1. The van der Waals surface area contributed by atoms with Gasteiger partial charge in [-0.1, -0.05) is 24.4 Å². The molecule has 0 aromatic carbocycles. The van der Waals surface area contributed by atoms with Crippen LogP contribution in [-0.4, -0.2) is 30.7 Å². The lowest BCUT2D eigenvalue weighted by molar-refractivity contribution is 0.0481. The smallest absolute Gasteiger partial charge is 0.0720 e. The molecule has 0 atom stereocenters. The summed E-state index contributed by atoms with van der Waals surface area (Å²) < 4.78 is 5.83. The molecule has 2 rings (SSSR count). The number of ether oxygens (including phenoxy) is 1. The lowest BCUT2D eigenvalue weighted by Crippen LogP contribution is -2.28. The van der Waals surface area contributed by atoms with E-state index in [1.807, 2.05) is 0 Å². The second-order valence-corrected chi connectivity index (χ2v) is 4.50. The first-order valence-corrected chi connectivity index (χ1v) is 5.90. The maximum Gasteiger partial charge on any atom is 0.0720 e. The van der Waals surface area contributed by atoms with E-state index in [1.54, 1.807) is 0 Å². The van der Waals surface area contributed by atoms with Crippen molar-refractivity contribution in [2.45, 2.75) is 25.4 Å². The lowest BCUT2D eigenvalue weighted by Gasteiger charge is -2.22. The molecule has 0 amide bonds. The molecule has 15 heavy (non-hydrogen) atoms. The molecule has 0 saturated carbocycles. The Hall–Kier alpha value is -0.510. The second kappa shape index (κ2) is 5.54. The third-order valence-corrected chi connectivity index (χ3v) is 2.99. The number of hydrogen-bond acceptors (Lipinski definition) is 2. The van der Waals surface area contributed by atoms with E-state index in [9.17, 15) is 0 Å². The molecule has 3 heteroatoms. The molecule has 2 aliphatic rings. The summed E-state index contributed by atoms with van der Waals surface area (Å²) in [5.74, 6) is 0. The van der Waals surface area contributed by atoms with Gasteiger partial charge in [0.05, 0.1) is 12.7 Å². The zero-order valence-electron chi connectivity index (χ0n) is 8.82. The quantitative estimate of drug-likeness (QED) is 0.682.